The Hall–Kier alpha value is -1.20. The van der Waals surface area contributed by atoms with Gasteiger partial charge < -0.3 is 10.0 Å². The van der Waals surface area contributed by atoms with E-state index in [0.717, 1.165) is 50.1 Å². The molecule has 2 rings (SSSR count). The standard InChI is InChI=1S/C13H22N4O/c1-10-8-11(2)15-13(14-10)17-6-4-16(5-7-17)9-12(3)18/h8,12,18H,4-7,9H2,1-3H3/t12-/m1/s1. The van der Waals surface area contributed by atoms with Gasteiger partial charge in [0, 0.05) is 44.1 Å². The van der Waals surface area contributed by atoms with Gasteiger partial charge in [-0.05, 0) is 26.8 Å². The van der Waals surface area contributed by atoms with Crippen LogP contribution >= 0.6 is 0 Å². The highest BCUT2D eigenvalue weighted by Gasteiger charge is 2.19. The first-order valence-electron chi connectivity index (χ1n) is 6.52. The van der Waals surface area contributed by atoms with Crippen molar-refractivity contribution in [2.75, 3.05) is 37.6 Å². The zero-order chi connectivity index (χ0) is 13.1. The average Bonchev–Trinajstić information content (AvgIpc) is 2.27. The van der Waals surface area contributed by atoms with E-state index in [-0.39, 0.29) is 6.10 Å². The maximum Gasteiger partial charge on any atom is 0.225 e. The maximum absolute atomic E-state index is 9.38. The van der Waals surface area contributed by atoms with Crippen LogP contribution in [0.2, 0.25) is 0 Å². The lowest BCUT2D eigenvalue weighted by Crippen LogP contribution is -2.48. The van der Waals surface area contributed by atoms with Gasteiger partial charge in [-0.25, -0.2) is 9.97 Å². The minimum Gasteiger partial charge on any atom is -0.392 e. The fraction of sp³-hybridized carbons (Fsp3) is 0.692. The van der Waals surface area contributed by atoms with Gasteiger partial charge in [0.25, 0.3) is 0 Å². The number of aromatic nitrogens is 2. The lowest BCUT2D eigenvalue weighted by molar-refractivity contribution is 0.122. The van der Waals surface area contributed by atoms with Crippen LogP contribution in [-0.2, 0) is 0 Å². The molecule has 0 radical (unpaired) electrons. The third kappa shape index (κ3) is 3.40. The molecule has 5 heteroatoms. The number of piperazine rings is 1. The fourth-order valence-electron chi connectivity index (χ4n) is 2.35. The monoisotopic (exact) mass is 250 g/mol. The summed E-state index contributed by atoms with van der Waals surface area (Å²) in [4.78, 5) is 13.5. The second-order valence-electron chi connectivity index (χ2n) is 5.09. The number of hydrogen-bond acceptors (Lipinski definition) is 5. The molecule has 1 saturated heterocycles. The van der Waals surface area contributed by atoms with E-state index in [1.54, 1.807) is 0 Å². The summed E-state index contributed by atoms with van der Waals surface area (Å²) in [7, 11) is 0. The van der Waals surface area contributed by atoms with Gasteiger partial charge in [-0.15, -0.1) is 0 Å². The number of aliphatic hydroxyl groups is 1. The van der Waals surface area contributed by atoms with Crippen molar-refractivity contribution < 1.29 is 5.11 Å². The van der Waals surface area contributed by atoms with Crippen molar-refractivity contribution in [3.8, 4) is 0 Å². The van der Waals surface area contributed by atoms with Crippen LogP contribution in [0, 0.1) is 13.8 Å². The molecule has 1 fully saturated rings. The Bertz CT molecular complexity index is 380. The van der Waals surface area contributed by atoms with Crippen LogP contribution < -0.4 is 4.90 Å². The van der Waals surface area contributed by atoms with Gasteiger partial charge in [-0.2, -0.15) is 0 Å². The summed E-state index contributed by atoms with van der Waals surface area (Å²) in [6.07, 6.45) is -0.256. The number of rotatable bonds is 3. The summed E-state index contributed by atoms with van der Waals surface area (Å²) in [6, 6.07) is 1.99. The number of β-amino-alcohol motifs (C(OH)–C–C–N with tert-alkyl or cyclic N) is 1. The van der Waals surface area contributed by atoms with Gasteiger partial charge in [0.05, 0.1) is 6.10 Å². The van der Waals surface area contributed by atoms with Gasteiger partial charge in [0.2, 0.25) is 5.95 Å². The first-order valence-corrected chi connectivity index (χ1v) is 6.52. The van der Waals surface area contributed by atoms with Crippen molar-refractivity contribution in [1.29, 1.82) is 0 Å². The summed E-state index contributed by atoms with van der Waals surface area (Å²) in [5, 5.41) is 9.38. The zero-order valence-corrected chi connectivity index (χ0v) is 11.4. The molecule has 0 bridgehead atoms. The Morgan fingerprint density at radius 3 is 2.22 bits per heavy atom. The fourth-order valence-corrected chi connectivity index (χ4v) is 2.35. The number of hydrogen-bond donors (Lipinski definition) is 1. The first kappa shape index (κ1) is 13.2. The summed E-state index contributed by atoms with van der Waals surface area (Å²) in [5.74, 6) is 0.837. The minimum atomic E-state index is -0.256. The molecule has 100 valence electrons. The number of anilines is 1. The molecule has 2 heterocycles. The zero-order valence-electron chi connectivity index (χ0n) is 11.4. The van der Waals surface area contributed by atoms with Gasteiger partial charge >= 0.3 is 0 Å². The smallest absolute Gasteiger partial charge is 0.225 e. The number of aryl methyl sites for hydroxylation is 2. The lowest BCUT2D eigenvalue weighted by Gasteiger charge is -2.35. The predicted molar refractivity (Wildman–Crippen MR) is 71.8 cm³/mol. The van der Waals surface area contributed by atoms with E-state index >= 15 is 0 Å². The Labute approximate surface area is 108 Å². The first-order chi connectivity index (χ1) is 8.54. The normalized spacial score (nSPS) is 19.0. The molecule has 1 aliphatic heterocycles. The molecule has 1 atom stereocenters. The average molecular weight is 250 g/mol. The van der Waals surface area contributed by atoms with Gasteiger partial charge in [0.1, 0.15) is 0 Å². The van der Waals surface area contributed by atoms with E-state index < -0.39 is 0 Å². The molecule has 1 N–H and O–H groups in total. The van der Waals surface area contributed by atoms with Crippen LogP contribution in [-0.4, -0.2) is 58.8 Å². The van der Waals surface area contributed by atoms with E-state index in [1.807, 2.05) is 26.8 Å². The van der Waals surface area contributed by atoms with Crippen LogP contribution in [0.15, 0.2) is 6.07 Å². The second kappa shape index (κ2) is 5.63. The molecule has 0 spiro atoms. The van der Waals surface area contributed by atoms with Crippen molar-refractivity contribution in [3.63, 3.8) is 0 Å². The number of nitrogens with zero attached hydrogens (tertiary/aromatic N) is 4. The highest BCUT2D eigenvalue weighted by Crippen LogP contribution is 2.12. The lowest BCUT2D eigenvalue weighted by atomic mass is 10.3. The highest BCUT2D eigenvalue weighted by atomic mass is 16.3. The molecule has 1 aromatic heterocycles. The largest absolute Gasteiger partial charge is 0.392 e. The molecule has 0 saturated carbocycles. The summed E-state index contributed by atoms with van der Waals surface area (Å²) in [6.45, 7) is 10.4. The van der Waals surface area contributed by atoms with E-state index in [2.05, 4.69) is 19.8 Å². The topological polar surface area (TPSA) is 52.5 Å². The summed E-state index contributed by atoms with van der Waals surface area (Å²) >= 11 is 0. The van der Waals surface area contributed by atoms with Crippen LogP contribution in [0.5, 0.6) is 0 Å². The molecule has 0 unspecified atom stereocenters. The molecule has 0 aromatic carbocycles. The molecule has 18 heavy (non-hydrogen) atoms. The quantitative estimate of drug-likeness (QED) is 0.851. The van der Waals surface area contributed by atoms with Crippen LogP contribution in [0.1, 0.15) is 18.3 Å². The third-order valence-corrected chi connectivity index (χ3v) is 3.15. The SMILES string of the molecule is Cc1cc(C)nc(N2CCN(C[C@@H](C)O)CC2)n1. The van der Waals surface area contributed by atoms with Crippen molar-refractivity contribution in [1.82, 2.24) is 14.9 Å². The van der Waals surface area contributed by atoms with E-state index in [0.29, 0.717) is 0 Å². The Kier molecular flexibility index (Phi) is 4.14. The molecular weight excluding hydrogens is 228 g/mol. The summed E-state index contributed by atoms with van der Waals surface area (Å²) < 4.78 is 0. The van der Waals surface area contributed by atoms with Crippen LogP contribution in [0.4, 0.5) is 5.95 Å². The Balaban J connectivity index is 1.96. The van der Waals surface area contributed by atoms with E-state index in [4.69, 9.17) is 0 Å². The molecule has 0 amide bonds. The Morgan fingerprint density at radius 1 is 1.17 bits per heavy atom. The van der Waals surface area contributed by atoms with Crippen molar-refractivity contribution in [2.24, 2.45) is 0 Å². The molecular formula is C13H22N4O. The highest BCUT2D eigenvalue weighted by molar-refractivity contribution is 5.32. The molecule has 1 aromatic rings. The third-order valence-electron chi connectivity index (χ3n) is 3.15. The predicted octanol–water partition coefficient (Wildman–Crippen LogP) is 0.596. The van der Waals surface area contributed by atoms with Crippen LogP contribution in [0.25, 0.3) is 0 Å². The van der Waals surface area contributed by atoms with Gasteiger partial charge in [0.15, 0.2) is 0 Å². The second-order valence-corrected chi connectivity index (χ2v) is 5.09. The van der Waals surface area contributed by atoms with E-state index in [9.17, 15) is 5.11 Å². The van der Waals surface area contributed by atoms with E-state index in [1.165, 1.54) is 0 Å². The Morgan fingerprint density at radius 2 is 1.72 bits per heavy atom. The van der Waals surface area contributed by atoms with Crippen LogP contribution in [0.3, 0.4) is 0 Å². The minimum absolute atomic E-state index is 0.256. The molecule has 1 aliphatic rings. The maximum atomic E-state index is 9.38. The molecule has 0 aliphatic carbocycles. The molecule has 5 nitrogen and oxygen atoms in total. The summed E-state index contributed by atoms with van der Waals surface area (Å²) in [5.41, 5.74) is 2.04. The van der Waals surface area contributed by atoms with Crippen molar-refractivity contribution >= 4 is 5.95 Å². The van der Waals surface area contributed by atoms with Gasteiger partial charge in [-0.1, -0.05) is 0 Å². The van der Waals surface area contributed by atoms with Crippen molar-refractivity contribution in [3.05, 3.63) is 17.5 Å². The van der Waals surface area contributed by atoms with Crippen molar-refractivity contribution in [2.45, 2.75) is 26.9 Å². The van der Waals surface area contributed by atoms with Gasteiger partial charge in [-0.3, -0.25) is 4.90 Å². The number of aliphatic hydroxyl groups excluding tert-OH is 1.